The Labute approximate surface area is 199 Å². The lowest BCUT2D eigenvalue weighted by molar-refractivity contribution is -0.923. The molecule has 3 atom stereocenters. The number of unbranched alkanes of at least 4 members (excludes halogenated alkanes) is 13. The van der Waals surface area contributed by atoms with Crippen molar-refractivity contribution in [1.82, 2.24) is 10.6 Å². The van der Waals surface area contributed by atoms with Gasteiger partial charge in [-0.15, -0.1) is 0 Å². The number of nitrogens with one attached hydrogen (secondary N) is 2. The largest absolute Gasteiger partial charge is 0.338 e. The van der Waals surface area contributed by atoms with Gasteiger partial charge in [0.1, 0.15) is 6.20 Å². The Morgan fingerprint density at radius 1 is 0.906 bits per heavy atom. The number of hydrogen-bond acceptors (Lipinski definition) is 2. The molecule has 3 unspecified atom stereocenters. The van der Waals surface area contributed by atoms with Crippen LogP contribution in [0.1, 0.15) is 130 Å². The lowest BCUT2D eigenvalue weighted by Gasteiger charge is -2.41. The first-order chi connectivity index (χ1) is 15.6. The number of nitrogens with zero attached hydrogens (tertiary/aromatic N) is 1. The van der Waals surface area contributed by atoms with Crippen molar-refractivity contribution in [3.63, 3.8) is 0 Å². The van der Waals surface area contributed by atoms with Crippen LogP contribution in [0.25, 0.3) is 0 Å². The average Bonchev–Trinajstić information content (AvgIpc) is 3.19. The Morgan fingerprint density at radius 3 is 1.97 bits per heavy atom. The first-order valence-electron chi connectivity index (χ1n) is 13.8. The number of quaternary nitrogens is 1. The summed E-state index contributed by atoms with van der Waals surface area (Å²) in [6.45, 7) is 9.22. The summed E-state index contributed by atoms with van der Waals surface area (Å²) in [5.41, 5.74) is 0. The fourth-order valence-corrected chi connectivity index (χ4v) is 5.03. The molecule has 0 saturated heterocycles. The number of rotatable bonds is 20. The number of hydrogen-bond donors (Lipinski definition) is 2. The van der Waals surface area contributed by atoms with Gasteiger partial charge in [0.2, 0.25) is 5.91 Å². The quantitative estimate of drug-likeness (QED) is 0.115. The van der Waals surface area contributed by atoms with Crippen LogP contribution in [0.4, 0.5) is 0 Å². The second-order valence-corrected chi connectivity index (χ2v) is 9.77. The summed E-state index contributed by atoms with van der Waals surface area (Å²) < 4.78 is 0.809. The van der Waals surface area contributed by atoms with Gasteiger partial charge in [-0.25, -0.2) is 0 Å². The van der Waals surface area contributed by atoms with E-state index in [0.29, 0.717) is 6.17 Å². The molecule has 0 spiro atoms. The number of amides is 1. The zero-order valence-electron chi connectivity index (χ0n) is 21.8. The normalized spacial score (nSPS) is 21.2. The lowest BCUT2D eigenvalue weighted by atomic mass is 10.1. The molecule has 4 nitrogen and oxygen atoms in total. The second-order valence-electron chi connectivity index (χ2n) is 9.77. The summed E-state index contributed by atoms with van der Waals surface area (Å²) in [7, 11) is 0. The van der Waals surface area contributed by atoms with E-state index in [1.165, 1.54) is 96.3 Å². The molecule has 1 rings (SSSR count). The smallest absolute Gasteiger partial charge is 0.221 e. The molecule has 4 heteroatoms. The molecule has 0 aromatic carbocycles. The fraction of sp³-hybridized carbons (Fsp3) is 0.821. The summed E-state index contributed by atoms with van der Waals surface area (Å²) in [6.07, 6.45) is 31.1. The van der Waals surface area contributed by atoms with Crippen LogP contribution in [0.5, 0.6) is 0 Å². The zero-order chi connectivity index (χ0) is 23.5. The third-order valence-corrected chi connectivity index (χ3v) is 7.14. The highest BCUT2D eigenvalue weighted by molar-refractivity contribution is 5.72. The van der Waals surface area contributed by atoms with Crippen molar-refractivity contribution in [2.45, 2.75) is 143 Å². The van der Waals surface area contributed by atoms with Crippen molar-refractivity contribution >= 4 is 5.91 Å². The van der Waals surface area contributed by atoms with E-state index in [0.717, 1.165) is 17.4 Å². The van der Waals surface area contributed by atoms with E-state index in [1.54, 1.807) is 6.92 Å². The first-order valence-corrected chi connectivity index (χ1v) is 13.8. The lowest BCUT2D eigenvalue weighted by Crippen LogP contribution is -2.62. The summed E-state index contributed by atoms with van der Waals surface area (Å²) >= 11 is 0. The molecule has 0 aromatic rings. The Balaban J connectivity index is 2.01. The molecule has 1 amide bonds. The molecule has 0 saturated carbocycles. The van der Waals surface area contributed by atoms with Gasteiger partial charge < -0.3 is 10.6 Å². The Bertz CT molecular complexity index is 531. The van der Waals surface area contributed by atoms with E-state index in [4.69, 9.17) is 0 Å². The van der Waals surface area contributed by atoms with E-state index in [9.17, 15) is 4.79 Å². The Hall–Kier alpha value is -1.29. The average molecular weight is 449 g/mol. The van der Waals surface area contributed by atoms with Crippen LogP contribution in [-0.4, -0.2) is 29.3 Å². The molecule has 0 aromatic heterocycles. The van der Waals surface area contributed by atoms with Crippen LogP contribution < -0.4 is 10.6 Å². The van der Waals surface area contributed by atoms with Crippen LogP contribution in [0.2, 0.25) is 0 Å². The molecule has 32 heavy (non-hydrogen) atoms. The van der Waals surface area contributed by atoms with Crippen molar-refractivity contribution < 1.29 is 9.28 Å². The molecule has 2 N–H and O–H groups in total. The molecule has 1 aliphatic rings. The highest BCUT2D eigenvalue weighted by Gasteiger charge is 2.41. The van der Waals surface area contributed by atoms with Gasteiger partial charge in [0.15, 0.2) is 12.3 Å². The minimum atomic E-state index is 0.0503. The molecular weight excluding hydrogens is 394 g/mol. The van der Waals surface area contributed by atoms with Gasteiger partial charge in [-0.05, 0) is 39.0 Å². The summed E-state index contributed by atoms with van der Waals surface area (Å²) in [5, 5.41) is 6.64. The van der Waals surface area contributed by atoms with E-state index >= 15 is 0 Å². The topological polar surface area (TPSA) is 41.1 Å². The maximum atomic E-state index is 11.5. The number of allylic oxidation sites excluding steroid dienone is 2. The van der Waals surface area contributed by atoms with E-state index < -0.39 is 0 Å². The summed E-state index contributed by atoms with van der Waals surface area (Å²) in [5.74, 6) is 0.0503. The van der Waals surface area contributed by atoms with Crippen molar-refractivity contribution in [2.75, 3.05) is 6.54 Å². The van der Waals surface area contributed by atoms with Gasteiger partial charge in [-0.2, -0.15) is 0 Å². The molecule has 0 aliphatic carbocycles. The minimum Gasteiger partial charge on any atom is -0.338 e. The van der Waals surface area contributed by atoms with E-state index in [1.807, 2.05) is 0 Å². The van der Waals surface area contributed by atoms with Gasteiger partial charge >= 0.3 is 0 Å². The molecule has 1 aliphatic heterocycles. The van der Waals surface area contributed by atoms with Crippen molar-refractivity contribution in [2.24, 2.45) is 0 Å². The summed E-state index contributed by atoms with van der Waals surface area (Å²) in [6, 6.07) is 0. The third kappa shape index (κ3) is 11.5. The number of carbonyl (C=O) groups excluding carboxylic acids is 1. The SMILES string of the molecule is CCCCCCCCCC/C=C/CCCCCCCC1NC=C[N+]1(CC)C(C)NC(C)=O. The molecule has 186 valence electrons. The Kier molecular flexibility index (Phi) is 16.3. The maximum Gasteiger partial charge on any atom is 0.221 e. The fourth-order valence-electron chi connectivity index (χ4n) is 5.03. The predicted octanol–water partition coefficient (Wildman–Crippen LogP) is 7.52. The molecule has 1 heterocycles. The standard InChI is InChI=1S/C28H53N3O/c1-5-7-8-9-10-11-12-13-14-15-16-17-18-19-20-21-22-23-28-29-24-25-31(28,6-2)26(3)30-27(4)32/h15-16,24-26,28-29H,5-14,17-23H2,1-4H3/p+1/b16-15+. The van der Waals surface area contributed by atoms with Crippen molar-refractivity contribution in [3.8, 4) is 0 Å². The van der Waals surface area contributed by atoms with Gasteiger partial charge in [-0.1, -0.05) is 83.3 Å². The highest BCUT2D eigenvalue weighted by Crippen LogP contribution is 2.26. The maximum absolute atomic E-state index is 11.5. The van der Waals surface area contributed by atoms with Gasteiger partial charge in [0, 0.05) is 20.3 Å². The predicted molar refractivity (Wildman–Crippen MR) is 139 cm³/mol. The zero-order valence-corrected chi connectivity index (χ0v) is 21.8. The highest BCUT2D eigenvalue weighted by atomic mass is 16.1. The van der Waals surface area contributed by atoms with E-state index in [2.05, 4.69) is 56.0 Å². The van der Waals surface area contributed by atoms with Crippen LogP contribution in [-0.2, 0) is 4.79 Å². The molecule has 0 radical (unpaired) electrons. The van der Waals surface area contributed by atoms with Crippen molar-refractivity contribution in [3.05, 3.63) is 24.6 Å². The summed E-state index contributed by atoms with van der Waals surface area (Å²) in [4.78, 5) is 11.5. The van der Waals surface area contributed by atoms with Crippen LogP contribution in [0.15, 0.2) is 24.6 Å². The first kappa shape index (κ1) is 28.7. The molecular formula is C28H54N3O+. The van der Waals surface area contributed by atoms with Crippen LogP contribution >= 0.6 is 0 Å². The molecule has 0 fully saturated rings. The van der Waals surface area contributed by atoms with Crippen LogP contribution in [0, 0.1) is 0 Å². The van der Waals surface area contributed by atoms with Crippen molar-refractivity contribution in [1.29, 1.82) is 0 Å². The van der Waals surface area contributed by atoms with E-state index in [-0.39, 0.29) is 12.1 Å². The monoisotopic (exact) mass is 448 g/mol. The Morgan fingerprint density at radius 2 is 1.44 bits per heavy atom. The van der Waals surface area contributed by atoms with Gasteiger partial charge in [0.05, 0.1) is 12.7 Å². The number of carbonyl (C=O) groups is 1. The molecule has 0 bridgehead atoms. The van der Waals surface area contributed by atoms with Crippen LogP contribution in [0.3, 0.4) is 0 Å². The van der Waals surface area contributed by atoms with Gasteiger partial charge in [-0.3, -0.25) is 9.28 Å². The second kappa shape index (κ2) is 18.2. The van der Waals surface area contributed by atoms with Gasteiger partial charge in [0.25, 0.3) is 0 Å². The third-order valence-electron chi connectivity index (χ3n) is 7.14. The minimum absolute atomic E-state index is 0.0503.